The van der Waals surface area contributed by atoms with E-state index in [2.05, 4.69) is 41.6 Å². The maximum atomic E-state index is 6.16. The lowest BCUT2D eigenvalue weighted by Crippen LogP contribution is -2.36. The number of benzene rings is 1. The summed E-state index contributed by atoms with van der Waals surface area (Å²) in [6, 6.07) is 12.1. The largest absolute Gasteiger partial charge is 0.291 e. The average Bonchev–Trinajstić information content (AvgIpc) is 3.05. The monoisotopic (exact) mass is 303 g/mol. The molecule has 0 N–H and O–H groups in total. The molecule has 0 radical (unpaired) electrons. The number of rotatable bonds is 1. The molecule has 1 aromatic heterocycles. The zero-order valence-corrected chi connectivity index (χ0v) is 13.1. The highest BCUT2D eigenvalue weighted by Gasteiger charge is 2.41. The number of halogens is 1. The number of nitrogens with zero attached hydrogens (tertiary/aromatic N) is 1. The number of hydrogen-bond donors (Lipinski definition) is 0. The van der Waals surface area contributed by atoms with Crippen molar-refractivity contribution < 1.29 is 0 Å². The van der Waals surface area contributed by atoms with Crippen molar-refractivity contribution in [3.8, 4) is 0 Å². The van der Waals surface area contributed by atoms with Crippen molar-refractivity contribution >= 4 is 22.9 Å². The minimum Gasteiger partial charge on any atom is -0.291 e. The van der Waals surface area contributed by atoms with Crippen LogP contribution >= 0.6 is 22.9 Å². The van der Waals surface area contributed by atoms with Gasteiger partial charge in [0.2, 0.25) is 0 Å². The van der Waals surface area contributed by atoms with Gasteiger partial charge < -0.3 is 0 Å². The zero-order valence-electron chi connectivity index (χ0n) is 11.6. The summed E-state index contributed by atoms with van der Waals surface area (Å²) >= 11 is 8.04. The molecule has 0 amide bonds. The third-order valence-corrected chi connectivity index (χ3v) is 6.17. The van der Waals surface area contributed by atoms with Crippen molar-refractivity contribution in [3.05, 3.63) is 56.7 Å². The lowest BCUT2D eigenvalue weighted by atomic mass is 9.86. The Hall–Kier alpha value is -0.830. The molecule has 20 heavy (non-hydrogen) atoms. The summed E-state index contributed by atoms with van der Waals surface area (Å²) in [6.07, 6.45) is 3.80. The molecule has 1 saturated heterocycles. The van der Waals surface area contributed by atoms with Gasteiger partial charge in [-0.2, -0.15) is 0 Å². The molecule has 2 aliphatic rings. The first-order chi connectivity index (χ1) is 9.74. The van der Waals surface area contributed by atoms with Crippen LogP contribution in [0.15, 0.2) is 35.7 Å². The minimum absolute atomic E-state index is 0.572. The van der Waals surface area contributed by atoms with E-state index in [-0.39, 0.29) is 0 Å². The van der Waals surface area contributed by atoms with Gasteiger partial charge in [0.05, 0.1) is 0 Å². The Morgan fingerprint density at radius 3 is 2.95 bits per heavy atom. The van der Waals surface area contributed by atoms with Gasteiger partial charge in [-0.1, -0.05) is 23.7 Å². The summed E-state index contributed by atoms with van der Waals surface area (Å²) in [5.41, 5.74) is 2.97. The van der Waals surface area contributed by atoms with E-state index in [0.29, 0.717) is 12.1 Å². The van der Waals surface area contributed by atoms with Crippen molar-refractivity contribution in [1.82, 2.24) is 4.90 Å². The Morgan fingerprint density at radius 2 is 2.15 bits per heavy atom. The fraction of sp³-hybridized carbons (Fsp3) is 0.412. The molecule has 0 bridgehead atoms. The Morgan fingerprint density at radius 1 is 1.25 bits per heavy atom. The Balaban J connectivity index is 1.71. The summed E-state index contributed by atoms with van der Waals surface area (Å²) in [6.45, 7) is 0. The second-order valence-electron chi connectivity index (χ2n) is 6.03. The molecule has 0 saturated carbocycles. The van der Waals surface area contributed by atoms with E-state index in [4.69, 9.17) is 11.6 Å². The SMILES string of the molecule is CN1C(c2cccs2)CCC2Cc3cc(Cl)ccc3C21. The average molecular weight is 304 g/mol. The van der Waals surface area contributed by atoms with Crippen molar-refractivity contribution in [2.75, 3.05) is 7.05 Å². The molecule has 1 nitrogen and oxygen atoms in total. The first-order valence-electron chi connectivity index (χ1n) is 7.27. The highest BCUT2D eigenvalue weighted by Crippen LogP contribution is 2.50. The number of fused-ring (bicyclic) bond motifs is 3. The molecule has 1 fully saturated rings. The van der Waals surface area contributed by atoms with Gasteiger partial charge in [0.15, 0.2) is 0 Å². The predicted molar refractivity (Wildman–Crippen MR) is 85.4 cm³/mol. The minimum atomic E-state index is 0.572. The van der Waals surface area contributed by atoms with Crippen molar-refractivity contribution in [2.45, 2.75) is 31.3 Å². The smallest absolute Gasteiger partial charge is 0.0444 e. The molecule has 104 valence electrons. The maximum absolute atomic E-state index is 6.16. The summed E-state index contributed by atoms with van der Waals surface area (Å²) in [5, 5.41) is 3.07. The van der Waals surface area contributed by atoms with E-state index in [1.807, 2.05) is 17.4 Å². The van der Waals surface area contributed by atoms with Crippen LogP contribution < -0.4 is 0 Å². The molecular formula is C17H18ClNS. The standard InChI is InChI=1S/C17H18ClNS/c1-19-15(16-3-2-8-20-16)7-4-11-9-12-10-13(18)5-6-14(12)17(11)19/h2-3,5-6,8,10-11,15,17H,4,7,9H2,1H3. The molecule has 1 aliphatic heterocycles. The van der Waals surface area contributed by atoms with Crippen LogP contribution in [-0.4, -0.2) is 11.9 Å². The van der Waals surface area contributed by atoms with E-state index in [1.54, 1.807) is 0 Å². The quantitative estimate of drug-likeness (QED) is 0.710. The Kier molecular flexibility index (Phi) is 3.13. The van der Waals surface area contributed by atoms with Crippen LogP contribution in [0.3, 0.4) is 0 Å². The highest BCUT2D eigenvalue weighted by molar-refractivity contribution is 7.10. The van der Waals surface area contributed by atoms with Crippen LogP contribution in [-0.2, 0) is 6.42 Å². The number of piperidine rings is 1. The van der Waals surface area contributed by atoms with E-state index in [1.165, 1.54) is 35.3 Å². The van der Waals surface area contributed by atoms with E-state index in [9.17, 15) is 0 Å². The van der Waals surface area contributed by atoms with Gasteiger partial charge >= 0.3 is 0 Å². The first-order valence-corrected chi connectivity index (χ1v) is 8.53. The van der Waals surface area contributed by atoms with E-state index >= 15 is 0 Å². The third-order valence-electron chi connectivity index (χ3n) is 4.97. The van der Waals surface area contributed by atoms with E-state index < -0.39 is 0 Å². The topological polar surface area (TPSA) is 3.24 Å². The molecule has 3 atom stereocenters. The van der Waals surface area contributed by atoms with Gasteiger partial charge in [-0.25, -0.2) is 0 Å². The molecule has 2 aromatic rings. The summed E-state index contributed by atoms with van der Waals surface area (Å²) in [5.74, 6) is 0.768. The van der Waals surface area contributed by atoms with Gasteiger partial charge in [0.25, 0.3) is 0 Å². The van der Waals surface area contributed by atoms with Crippen LogP contribution in [0.1, 0.15) is 40.9 Å². The normalized spacial score (nSPS) is 29.2. The second-order valence-corrected chi connectivity index (χ2v) is 7.44. The molecular weight excluding hydrogens is 286 g/mol. The first kappa shape index (κ1) is 12.9. The van der Waals surface area contributed by atoms with Crippen LogP contribution in [0, 0.1) is 5.92 Å². The molecule has 2 heterocycles. The molecule has 3 heteroatoms. The van der Waals surface area contributed by atoms with Gasteiger partial charge in [0, 0.05) is 22.0 Å². The Bertz CT molecular complexity index is 622. The van der Waals surface area contributed by atoms with Crippen LogP contribution in [0.4, 0.5) is 0 Å². The lowest BCUT2D eigenvalue weighted by Gasteiger charge is -2.41. The fourth-order valence-electron chi connectivity index (χ4n) is 4.09. The molecule has 0 spiro atoms. The van der Waals surface area contributed by atoms with Crippen LogP contribution in [0.2, 0.25) is 5.02 Å². The molecule has 1 aromatic carbocycles. The Labute approximate surface area is 129 Å². The van der Waals surface area contributed by atoms with Gasteiger partial charge in [-0.15, -0.1) is 11.3 Å². The number of likely N-dealkylation sites (tertiary alicyclic amines) is 1. The summed E-state index contributed by atoms with van der Waals surface area (Å²) in [7, 11) is 2.30. The maximum Gasteiger partial charge on any atom is 0.0444 e. The van der Waals surface area contributed by atoms with Crippen molar-refractivity contribution in [2.24, 2.45) is 5.92 Å². The lowest BCUT2D eigenvalue weighted by molar-refractivity contribution is 0.0759. The van der Waals surface area contributed by atoms with Gasteiger partial charge in [0.1, 0.15) is 0 Å². The van der Waals surface area contributed by atoms with Crippen molar-refractivity contribution in [1.29, 1.82) is 0 Å². The summed E-state index contributed by atoms with van der Waals surface area (Å²) < 4.78 is 0. The van der Waals surface area contributed by atoms with Gasteiger partial charge in [-0.3, -0.25) is 4.90 Å². The van der Waals surface area contributed by atoms with Crippen molar-refractivity contribution in [3.63, 3.8) is 0 Å². The third kappa shape index (κ3) is 1.93. The molecule has 3 unspecified atom stereocenters. The zero-order chi connectivity index (χ0) is 13.7. The molecule has 4 rings (SSSR count). The van der Waals surface area contributed by atoms with Crippen LogP contribution in [0.5, 0.6) is 0 Å². The van der Waals surface area contributed by atoms with Crippen LogP contribution in [0.25, 0.3) is 0 Å². The van der Waals surface area contributed by atoms with Gasteiger partial charge in [-0.05, 0) is 66.9 Å². The number of hydrogen-bond acceptors (Lipinski definition) is 2. The fourth-order valence-corrected chi connectivity index (χ4v) is 5.20. The predicted octanol–water partition coefficient (Wildman–Crippen LogP) is 5.08. The molecule has 1 aliphatic carbocycles. The second kappa shape index (κ2) is 4.87. The highest BCUT2D eigenvalue weighted by atomic mass is 35.5. The number of thiophene rings is 1. The van der Waals surface area contributed by atoms with E-state index in [0.717, 1.165) is 10.9 Å². The summed E-state index contributed by atoms with van der Waals surface area (Å²) in [4.78, 5) is 4.10.